The molecule has 0 amide bonds. The summed E-state index contributed by atoms with van der Waals surface area (Å²) in [6.07, 6.45) is 1.23. The van der Waals surface area contributed by atoms with Crippen LogP contribution < -0.4 is 10.6 Å². The van der Waals surface area contributed by atoms with Crippen molar-refractivity contribution in [2.45, 2.75) is 39.8 Å². The van der Waals surface area contributed by atoms with Gasteiger partial charge in [-0.3, -0.25) is 0 Å². The molecule has 3 rings (SSSR count). The zero-order valence-electron chi connectivity index (χ0n) is 15.8. The molecule has 2 atom stereocenters. The highest BCUT2D eigenvalue weighted by molar-refractivity contribution is 7.11. The SMILES string of the molecule is CCNC(=NCc1nc(C)c(C)s1)NCC1CCOC1c1ccccc1. The number of ether oxygens (including phenoxy) is 1. The van der Waals surface area contributed by atoms with E-state index in [0.29, 0.717) is 12.5 Å². The van der Waals surface area contributed by atoms with Gasteiger partial charge >= 0.3 is 0 Å². The molecule has 26 heavy (non-hydrogen) atoms. The summed E-state index contributed by atoms with van der Waals surface area (Å²) in [6, 6.07) is 10.5. The zero-order chi connectivity index (χ0) is 18.4. The molecule has 0 aliphatic carbocycles. The highest BCUT2D eigenvalue weighted by Crippen LogP contribution is 2.33. The molecular weight excluding hydrogens is 344 g/mol. The van der Waals surface area contributed by atoms with Crippen LogP contribution in [0.1, 0.15) is 40.6 Å². The molecule has 2 heterocycles. The average molecular weight is 373 g/mol. The Morgan fingerprint density at radius 1 is 1.27 bits per heavy atom. The number of benzene rings is 1. The van der Waals surface area contributed by atoms with Crippen molar-refractivity contribution >= 4 is 17.3 Å². The number of hydrogen-bond donors (Lipinski definition) is 2. The first kappa shape index (κ1) is 18.9. The second-order valence-corrected chi connectivity index (χ2v) is 7.86. The quantitative estimate of drug-likeness (QED) is 0.601. The highest BCUT2D eigenvalue weighted by Gasteiger charge is 2.29. The minimum absolute atomic E-state index is 0.163. The van der Waals surface area contributed by atoms with E-state index in [1.807, 2.05) is 13.0 Å². The van der Waals surface area contributed by atoms with Crippen molar-refractivity contribution in [3.05, 3.63) is 51.5 Å². The number of nitrogens with one attached hydrogen (secondary N) is 2. The average Bonchev–Trinajstić information content (AvgIpc) is 3.25. The topological polar surface area (TPSA) is 58.5 Å². The monoisotopic (exact) mass is 372 g/mol. The lowest BCUT2D eigenvalue weighted by Crippen LogP contribution is -2.40. The molecule has 140 valence electrons. The van der Waals surface area contributed by atoms with Crippen LogP contribution in [0.4, 0.5) is 0 Å². The molecule has 0 spiro atoms. The number of hydrogen-bond acceptors (Lipinski definition) is 4. The highest BCUT2D eigenvalue weighted by atomic mass is 32.1. The minimum atomic E-state index is 0.163. The van der Waals surface area contributed by atoms with Crippen molar-refractivity contribution in [1.82, 2.24) is 15.6 Å². The van der Waals surface area contributed by atoms with Gasteiger partial charge in [-0.25, -0.2) is 9.98 Å². The van der Waals surface area contributed by atoms with E-state index in [1.54, 1.807) is 11.3 Å². The molecule has 1 aromatic heterocycles. The van der Waals surface area contributed by atoms with E-state index in [2.05, 4.69) is 53.7 Å². The van der Waals surface area contributed by atoms with Crippen molar-refractivity contribution in [1.29, 1.82) is 0 Å². The van der Waals surface area contributed by atoms with Crippen LogP contribution in [0.2, 0.25) is 0 Å². The molecule has 0 saturated carbocycles. The molecule has 1 fully saturated rings. The number of aliphatic imine (C=N–C) groups is 1. The first-order valence-corrected chi connectivity index (χ1v) is 10.1. The van der Waals surface area contributed by atoms with Gasteiger partial charge in [-0.2, -0.15) is 0 Å². The van der Waals surface area contributed by atoms with Gasteiger partial charge in [0.15, 0.2) is 5.96 Å². The van der Waals surface area contributed by atoms with Gasteiger partial charge in [0, 0.05) is 30.5 Å². The van der Waals surface area contributed by atoms with Crippen LogP contribution in [0.25, 0.3) is 0 Å². The van der Waals surface area contributed by atoms with Crippen molar-refractivity contribution in [2.75, 3.05) is 19.7 Å². The zero-order valence-corrected chi connectivity index (χ0v) is 16.6. The van der Waals surface area contributed by atoms with E-state index in [4.69, 9.17) is 9.73 Å². The summed E-state index contributed by atoms with van der Waals surface area (Å²) in [5.74, 6) is 1.29. The number of rotatable bonds is 6. The van der Waals surface area contributed by atoms with E-state index in [0.717, 1.165) is 42.8 Å². The fourth-order valence-corrected chi connectivity index (χ4v) is 4.04. The molecule has 0 radical (unpaired) electrons. The molecule has 1 saturated heterocycles. The lowest BCUT2D eigenvalue weighted by molar-refractivity contribution is 0.0915. The van der Waals surface area contributed by atoms with Crippen molar-refractivity contribution in [3.8, 4) is 0 Å². The number of aryl methyl sites for hydroxylation is 2. The van der Waals surface area contributed by atoms with Crippen molar-refractivity contribution < 1.29 is 4.74 Å². The fraction of sp³-hybridized carbons (Fsp3) is 0.500. The van der Waals surface area contributed by atoms with Gasteiger partial charge in [-0.1, -0.05) is 30.3 Å². The summed E-state index contributed by atoms with van der Waals surface area (Å²) in [4.78, 5) is 10.5. The van der Waals surface area contributed by atoms with E-state index in [-0.39, 0.29) is 6.10 Å². The maximum atomic E-state index is 5.98. The summed E-state index contributed by atoms with van der Waals surface area (Å²) in [5.41, 5.74) is 2.36. The van der Waals surface area contributed by atoms with Crippen LogP contribution in [0.3, 0.4) is 0 Å². The molecule has 1 aliphatic heterocycles. The normalized spacial score (nSPS) is 20.3. The second-order valence-electron chi connectivity index (χ2n) is 6.58. The second kappa shape index (κ2) is 9.14. The van der Waals surface area contributed by atoms with Crippen LogP contribution in [0.15, 0.2) is 35.3 Å². The van der Waals surface area contributed by atoms with E-state index in [1.165, 1.54) is 10.4 Å². The Bertz CT molecular complexity index is 709. The van der Waals surface area contributed by atoms with Gasteiger partial charge in [0.05, 0.1) is 18.3 Å². The summed E-state index contributed by atoms with van der Waals surface area (Å²) < 4.78 is 5.98. The predicted molar refractivity (Wildman–Crippen MR) is 108 cm³/mol. The Morgan fingerprint density at radius 3 is 2.77 bits per heavy atom. The summed E-state index contributed by atoms with van der Waals surface area (Å²) in [7, 11) is 0. The number of thiazole rings is 1. The molecule has 2 N–H and O–H groups in total. The smallest absolute Gasteiger partial charge is 0.191 e. The molecule has 2 unspecified atom stereocenters. The van der Waals surface area contributed by atoms with Gasteiger partial charge in [0.25, 0.3) is 0 Å². The van der Waals surface area contributed by atoms with Gasteiger partial charge in [0.1, 0.15) is 5.01 Å². The Labute approximate surface area is 159 Å². The Kier molecular flexibility index (Phi) is 6.63. The molecule has 0 bridgehead atoms. The van der Waals surface area contributed by atoms with Gasteiger partial charge in [0.2, 0.25) is 0 Å². The van der Waals surface area contributed by atoms with Crippen LogP contribution in [0.5, 0.6) is 0 Å². The third-order valence-electron chi connectivity index (χ3n) is 4.66. The van der Waals surface area contributed by atoms with Gasteiger partial charge < -0.3 is 15.4 Å². The third-order valence-corrected chi connectivity index (χ3v) is 5.72. The van der Waals surface area contributed by atoms with Crippen molar-refractivity contribution in [3.63, 3.8) is 0 Å². The first-order chi connectivity index (χ1) is 12.7. The summed E-state index contributed by atoms with van der Waals surface area (Å²) >= 11 is 1.72. The fourth-order valence-electron chi connectivity index (χ4n) is 3.18. The largest absolute Gasteiger partial charge is 0.373 e. The van der Waals surface area contributed by atoms with E-state index >= 15 is 0 Å². The maximum absolute atomic E-state index is 5.98. The maximum Gasteiger partial charge on any atom is 0.191 e. The third kappa shape index (κ3) is 4.83. The van der Waals surface area contributed by atoms with Crippen molar-refractivity contribution in [2.24, 2.45) is 10.9 Å². The number of nitrogens with zero attached hydrogens (tertiary/aromatic N) is 2. The van der Waals surface area contributed by atoms with Gasteiger partial charge in [-0.15, -0.1) is 11.3 Å². The molecular formula is C20H28N4OS. The summed E-state index contributed by atoms with van der Waals surface area (Å²) in [6.45, 7) is 9.35. The summed E-state index contributed by atoms with van der Waals surface area (Å²) in [5, 5.41) is 7.88. The lowest BCUT2D eigenvalue weighted by Gasteiger charge is -2.20. The van der Waals surface area contributed by atoms with Gasteiger partial charge in [-0.05, 0) is 32.8 Å². The Balaban J connectivity index is 1.60. The number of guanidine groups is 1. The molecule has 2 aromatic rings. The Hall–Kier alpha value is -1.92. The first-order valence-electron chi connectivity index (χ1n) is 9.29. The standard InChI is InChI=1S/C20H28N4OS/c1-4-21-20(23-13-18-24-14(2)15(3)26-18)22-12-17-10-11-25-19(17)16-8-6-5-7-9-16/h5-9,17,19H,4,10-13H2,1-3H3,(H2,21,22,23). The van der Waals surface area contributed by atoms with Crippen LogP contribution in [-0.2, 0) is 11.3 Å². The van der Waals surface area contributed by atoms with Crippen LogP contribution >= 0.6 is 11.3 Å². The number of aromatic nitrogens is 1. The molecule has 5 nitrogen and oxygen atoms in total. The van der Waals surface area contributed by atoms with E-state index < -0.39 is 0 Å². The van der Waals surface area contributed by atoms with Crippen LogP contribution in [-0.4, -0.2) is 30.6 Å². The predicted octanol–water partition coefficient (Wildman–Crippen LogP) is 3.59. The lowest BCUT2D eigenvalue weighted by atomic mass is 9.95. The van der Waals surface area contributed by atoms with E-state index in [9.17, 15) is 0 Å². The molecule has 1 aliphatic rings. The Morgan fingerprint density at radius 2 is 2.08 bits per heavy atom. The van der Waals surface area contributed by atoms with Crippen LogP contribution in [0, 0.1) is 19.8 Å². The minimum Gasteiger partial charge on any atom is -0.373 e. The molecule has 6 heteroatoms. The molecule has 1 aromatic carbocycles.